The first-order chi connectivity index (χ1) is 13.2. The molecule has 0 saturated heterocycles. The normalized spacial score (nSPS) is 12.8. The highest BCUT2D eigenvalue weighted by Crippen LogP contribution is 2.31. The predicted molar refractivity (Wildman–Crippen MR) is 106 cm³/mol. The van der Waals surface area contributed by atoms with Crippen LogP contribution in [0, 0.1) is 11.2 Å². The molecule has 0 aliphatic carbocycles. The van der Waals surface area contributed by atoms with Crippen molar-refractivity contribution >= 4 is 34.4 Å². The number of rotatable bonds is 5. The third-order valence-corrected chi connectivity index (χ3v) is 4.71. The van der Waals surface area contributed by atoms with Gasteiger partial charge in [-0.05, 0) is 11.5 Å². The summed E-state index contributed by atoms with van der Waals surface area (Å²) in [5.74, 6) is -0.0481. The van der Waals surface area contributed by atoms with Crippen molar-refractivity contribution in [2.45, 2.75) is 33.2 Å². The maximum Gasteiger partial charge on any atom is 0.307 e. The van der Waals surface area contributed by atoms with Crippen LogP contribution in [0.5, 0.6) is 0 Å². The summed E-state index contributed by atoms with van der Waals surface area (Å²) >= 11 is 6.28. The van der Waals surface area contributed by atoms with Gasteiger partial charge in [0.15, 0.2) is 5.82 Å². The van der Waals surface area contributed by atoms with Gasteiger partial charge >= 0.3 is 5.97 Å². The first kappa shape index (κ1) is 20.0. The summed E-state index contributed by atoms with van der Waals surface area (Å²) < 4.78 is 18.4. The average molecular weight is 406 g/mol. The highest BCUT2D eigenvalue weighted by molar-refractivity contribution is 6.32. The molecule has 0 bridgehead atoms. The van der Waals surface area contributed by atoms with Crippen LogP contribution in [0.3, 0.4) is 0 Å². The number of nitrogens with zero attached hydrogens (tertiary/aromatic N) is 3. The Labute approximate surface area is 166 Å². The smallest absolute Gasteiger partial charge is 0.307 e. The van der Waals surface area contributed by atoms with Crippen molar-refractivity contribution in [3.05, 3.63) is 35.5 Å². The Kier molecular flexibility index (Phi) is 5.51. The number of hydrogen-bond donors (Lipinski definition) is 2. The molecule has 0 unspecified atom stereocenters. The number of aromatic nitrogens is 4. The standard InChI is InChI=1S/C19H21ClFN5O2/c1-19(2,3)14(6-15(27)28-4)25-18-13(20)9-24-17(26-18)12-8-23-16-11(12)5-10(21)7-22-16/h5,7-9,14H,6H2,1-4H3,(H,22,23)(H,24,25,26)/t14-/m1/s1. The highest BCUT2D eigenvalue weighted by Gasteiger charge is 2.28. The van der Waals surface area contributed by atoms with E-state index in [9.17, 15) is 9.18 Å². The van der Waals surface area contributed by atoms with Gasteiger partial charge < -0.3 is 15.0 Å². The number of halogens is 2. The van der Waals surface area contributed by atoms with Gasteiger partial charge in [0.25, 0.3) is 0 Å². The summed E-state index contributed by atoms with van der Waals surface area (Å²) in [4.78, 5) is 27.6. The second-order valence-corrected chi connectivity index (χ2v) is 7.89. The Bertz CT molecular complexity index is 1020. The van der Waals surface area contributed by atoms with Gasteiger partial charge in [0.1, 0.15) is 22.3 Å². The number of nitrogens with one attached hydrogen (secondary N) is 2. The summed E-state index contributed by atoms with van der Waals surface area (Å²) in [7, 11) is 1.35. The van der Waals surface area contributed by atoms with Crippen molar-refractivity contribution in [1.29, 1.82) is 0 Å². The molecule has 28 heavy (non-hydrogen) atoms. The molecular weight excluding hydrogens is 385 g/mol. The highest BCUT2D eigenvalue weighted by atomic mass is 35.5. The summed E-state index contributed by atoms with van der Waals surface area (Å²) in [5, 5.41) is 4.11. The molecule has 0 aromatic carbocycles. The Morgan fingerprint density at radius 2 is 2.11 bits per heavy atom. The van der Waals surface area contributed by atoms with Gasteiger partial charge in [-0.25, -0.2) is 19.3 Å². The van der Waals surface area contributed by atoms with Gasteiger partial charge in [-0.2, -0.15) is 0 Å². The Balaban J connectivity index is 1.98. The number of fused-ring (bicyclic) bond motifs is 1. The number of anilines is 1. The zero-order chi connectivity index (χ0) is 20.5. The van der Waals surface area contributed by atoms with Crippen molar-refractivity contribution in [2.75, 3.05) is 12.4 Å². The van der Waals surface area contributed by atoms with Crippen LogP contribution in [0.15, 0.2) is 24.7 Å². The molecule has 0 amide bonds. The van der Waals surface area contributed by atoms with Crippen LogP contribution in [0.25, 0.3) is 22.4 Å². The number of carbonyl (C=O) groups excluding carboxylic acids is 1. The number of methoxy groups -OCH3 is 1. The van der Waals surface area contributed by atoms with E-state index in [2.05, 4.69) is 25.3 Å². The first-order valence-electron chi connectivity index (χ1n) is 8.68. The lowest BCUT2D eigenvalue weighted by atomic mass is 9.85. The second-order valence-electron chi connectivity index (χ2n) is 7.49. The Hall–Kier alpha value is -2.74. The Morgan fingerprint density at radius 1 is 1.36 bits per heavy atom. The number of hydrogen-bond acceptors (Lipinski definition) is 6. The molecule has 2 N–H and O–H groups in total. The molecule has 3 heterocycles. The number of pyridine rings is 1. The summed E-state index contributed by atoms with van der Waals surface area (Å²) in [6.07, 6.45) is 4.42. The average Bonchev–Trinajstić information content (AvgIpc) is 3.04. The number of H-pyrrole nitrogens is 1. The molecule has 3 rings (SSSR count). The first-order valence-corrected chi connectivity index (χ1v) is 9.05. The summed E-state index contributed by atoms with van der Waals surface area (Å²) in [5.41, 5.74) is 0.862. The van der Waals surface area contributed by atoms with Crippen molar-refractivity contribution in [2.24, 2.45) is 5.41 Å². The van der Waals surface area contributed by atoms with E-state index in [-0.39, 0.29) is 23.8 Å². The molecule has 0 spiro atoms. The molecule has 1 atom stereocenters. The fraction of sp³-hybridized carbons (Fsp3) is 0.368. The van der Waals surface area contributed by atoms with E-state index in [1.165, 1.54) is 19.4 Å². The number of carbonyl (C=O) groups is 1. The van der Waals surface area contributed by atoms with Gasteiger partial charge in [-0.15, -0.1) is 0 Å². The van der Waals surface area contributed by atoms with Crippen molar-refractivity contribution in [1.82, 2.24) is 19.9 Å². The van der Waals surface area contributed by atoms with Gasteiger partial charge in [0, 0.05) is 23.2 Å². The predicted octanol–water partition coefficient (Wildman–Crippen LogP) is 4.20. The van der Waals surface area contributed by atoms with Crippen molar-refractivity contribution in [3.8, 4) is 11.4 Å². The fourth-order valence-corrected chi connectivity index (χ4v) is 2.90. The van der Waals surface area contributed by atoms with Crippen molar-refractivity contribution < 1.29 is 13.9 Å². The molecule has 0 fully saturated rings. The van der Waals surface area contributed by atoms with E-state index in [4.69, 9.17) is 16.3 Å². The van der Waals surface area contributed by atoms with E-state index < -0.39 is 5.82 Å². The SMILES string of the molecule is COC(=O)C[C@@H](Nc1nc(-c2c[nH]c3ncc(F)cc23)ncc1Cl)C(C)(C)C. The van der Waals surface area contributed by atoms with E-state index in [1.54, 1.807) is 6.20 Å². The van der Waals surface area contributed by atoms with Gasteiger partial charge in [-0.1, -0.05) is 32.4 Å². The van der Waals surface area contributed by atoms with Crippen LogP contribution in [-0.2, 0) is 9.53 Å². The van der Waals surface area contributed by atoms with Crippen molar-refractivity contribution in [3.63, 3.8) is 0 Å². The minimum Gasteiger partial charge on any atom is -0.469 e. The topological polar surface area (TPSA) is 92.8 Å². The fourth-order valence-electron chi connectivity index (χ4n) is 2.75. The summed E-state index contributed by atoms with van der Waals surface area (Å²) in [6.45, 7) is 5.99. The molecular formula is C19H21ClFN5O2. The lowest BCUT2D eigenvalue weighted by Gasteiger charge is -2.31. The third kappa shape index (κ3) is 4.22. The molecule has 148 valence electrons. The number of esters is 1. The quantitative estimate of drug-likeness (QED) is 0.618. The van der Waals surface area contributed by atoms with Gasteiger partial charge in [-0.3, -0.25) is 4.79 Å². The van der Waals surface area contributed by atoms with Gasteiger partial charge in [0.05, 0.1) is 25.9 Å². The number of ether oxygens (including phenoxy) is 1. The number of aromatic amines is 1. The van der Waals surface area contributed by atoms with Crippen LogP contribution in [0.4, 0.5) is 10.2 Å². The molecule has 3 aromatic rings. The van der Waals surface area contributed by atoms with Crippen LogP contribution < -0.4 is 5.32 Å². The monoisotopic (exact) mass is 405 g/mol. The molecule has 0 saturated carbocycles. The van der Waals surface area contributed by atoms with Crippen LogP contribution in [0.1, 0.15) is 27.2 Å². The molecule has 9 heteroatoms. The van der Waals surface area contributed by atoms with E-state index >= 15 is 0 Å². The minimum atomic E-state index is -0.452. The zero-order valence-electron chi connectivity index (χ0n) is 16.0. The van der Waals surface area contributed by atoms with Crippen LogP contribution in [-0.4, -0.2) is 39.1 Å². The maximum absolute atomic E-state index is 13.6. The molecule has 0 radical (unpaired) electrons. The molecule has 0 aliphatic heterocycles. The Morgan fingerprint density at radius 3 is 2.79 bits per heavy atom. The minimum absolute atomic E-state index is 0.151. The maximum atomic E-state index is 13.6. The van der Waals surface area contributed by atoms with E-state index in [0.717, 1.165) is 6.20 Å². The van der Waals surface area contributed by atoms with Gasteiger partial charge in [0.2, 0.25) is 0 Å². The molecule has 0 aliphatic rings. The third-order valence-electron chi connectivity index (χ3n) is 4.44. The van der Waals surface area contributed by atoms with Crippen LogP contribution >= 0.6 is 11.6 Å². The zero-order valence-corrected chi connectivity index (χ0v) is 16.8. The molecule has 3 aromatic heterocycles. The van der Waals surface area contributed by atoms with E-state index in [0.29, 0.717) is 33.3 Å². The molecule has 7 nitrogen and oxygen atoms in total. The lowest BCUT2D eigenvalue weighted by Crippen LogP contribution is -2.36. The lowest BCUT2D eigenvalue weighted by molar-refractivity contribution is -0.141. The second kappa shape index (κ2) is 7.71. The summed E-state index contributed by atoms with van der Waals surface area (Å²) in [6, 6.07) is 1.09. The van der Waals surface area contributed by atoms with E-state index in [1.807, 2.05) is 20.8 Å². The largest absolute Gasteiger partial charge is 0.469 e. The van der Waals surface area contributed by atoms with Crippen LogP contribution in [0.2, 0.25) is 5.02 Å².